The molecule has 0 radical (unpaired) electrons. The maximum atomic E-state index is 13.0. The molecular formula is C24H34N4O5. The summed E-state index contributed by atoms with van der Waals surface area (Å²) in [6, 6.07) is 1.42. The van der Waals surface area contributed by atoms with Crippen LogP contribution in [0.1, 0.15) is 63.4 Å². The molecule has 9 heteroatoms. The molecule has 0 bridgehead atoms. The van der Waals surface area contributed by atoms with Crippen molar-refractivity contribution in [3.63, 3.8) is 0 Å². The molecule has 0 saturated carbocycles. The summed E-state index contributed by atoms with van der Waals surface area (Å²) in [5, 5.41) is 3.87. The van der Waals surface area contributed by atoms with Crippen LogP contribution in [0.2, 0.25) is 0 Å². The lowest BCUT2D eigenvalue weighted by Gasteiger charge is -2.27. The van der Waals surface area contributed by atoms with Crippen LogP contribution in [-0.4, -0.2) is 64.3 Å². The van der Waals surface area contributed by atoms with Gasteiger partial charge in [-0.25, -0.2) is 19.1 Å². The van der Waals surface area contributed by atoms with Gasteiger partial charge in [0.15, 0.2) is 5.65 Å². The van der Waals surface area contributed by atoms with Crippen LogP contribution in [-0.2, 0) is 20.8 Å². The molecule has 3 rings (SSSR count). The largest absolute Gasteiger partial charge is 0.465 e. The van der Waals surface area contributed by atoms with Gasteiger partial charge in [0, 0.05) is 37.4 Å². The number of hydrogen-bond acceptors (Lipinski definition) is 7. The first-order valence-electron chi connectivity index (χ1n) is 11.4. The number of ether oxygens (including phenoxy) is 2. The highest BCUT2D eigenvalue weighted by molar-refractivity contribution is 6.06. The SMILES string of the molecule is COC(=O)c1cn(C(=O)OC(C)(C)C)c2nccc(CN[C@@H](C(=O)N3CCCC3)C(C)C)c12. The van der Waals surface area contributed by atoms with Gasteiger partial charge in [-0.05, 0) is 51.2 Å². The van der Waals surface area contributed by atoms with Crippen molar-refractivity contribution in [1.82, 2.24) is 19.8 Å². The predicted molar refractivity (Wildman–Crippen MR) is 124 cm³/mol. The van der Waals surface area contributed by atoms with Crippen LogP contribution in [0.4, 0.5) is 4.79 Å². The van der Waals surface area contributed by atoms with Crippen LogP contribution in [0.5, 0.6) is 0 Å². The summed E-state index contributed by atoms with van der Waals surface area (Å²) >= 11 is 0. The van der Waals surface area contributed by atoms with E-state index in [1.54, 1.807) is 33.0 Å². The number of methoxy groups -OCH3 is 1. The first kappa shape index (κ1) is 24.7. The zero-order chi connectivity index (χ0) is 24.3. The van der Waals surface area contributed by atoms with Crippen molar-refractivity contribution in [2.24, 2.45) is 5.92 Å². The molecule has 1 fully saturated rings. The van der Waals surface area contributed by atoms with E-state index >= 15 is 0 Å². The van der Waals surface area contributed by atoms with Gasteiger partial charge >= 0.3 is 12.1 Å². The zero-order valence-corrected chi connectivity index (χ0v) is 20.3. The third-order valence-electron chi connectivity index (χ3n) is 5.63. The number of carbonyl (C=O) groups is 3. The Kier molecular flexibility index (Phi) is 7.41. The van der Waals surface area contributed by atoms with Crippen LogP contribution in [0.3, 0.4) is 0 Å². The summed E-state index contributed by atoms with van der Waals surface area (Å²) in [6.45, 7) is 11.2. The van der Waals surface area contributed by atoms with Crippen molar-refractivity contribution in [3.05, 3.63) is 29.6 Å². The Morgan fingerprint density at radius 3 is 2.42 bits per heavy atom. The maximum absolute atomic E-state index is 13.0. The van der Waals surface area contributed by atoms with Crippen LogP contribution in [0.15, 0.2) is 18.5 Å². The van der Waals surface area contributed by atoms with Crippen molar-refractivity contribution >= 4 is 29.0 Å². The monoisotopic (exact) mass is 458 g/mol. The fourth-order valence-electron chi connectivity index (χ4n) is 4.04. The molecule has 33 heavy (non-hydrogen) atoms. The second-order valence-electron chi connectivity index (χ2n) is 9.69. The van der Waals surface area contributed by atoms with E-state index in [0.717, 1.165) is 31.5 Å². The van der Waals surface area contributed by atoms with Gasteiger partial charge in [-0.1, -0.05) is 13.8 Å². The molecular weight excluding hydrogens is 424 g/mol. The highest BCUT2D eigenvalue weighted by Gasteiger charge is 2.30. The van der Waals surface area contributed by atoms with E-state index in [4.69, 9.17) is 9.47 Å². The molecule has 1 N–H and O–H groups in total. The van der Waals surface area contributed by atoms with E-state index in [1.807, 2.05) is 18.7 Å². The average Bonchev–Trinajstić information content (AvgIpc) is 3.40. The van der Waals surface area contributed by atoms with Crippen molar-refractivity contribution in [1.29, 1.82) is 0 Å². The second kappa shape index (κ2) is 9.91. The summed E-state index contributed by atoms with van der Waals surface area (Å²) in [5.41, 5.74) is 0.548. The molecule has 3 heterocycles. The van der Waals surface area contributed by atoms with Crippen LogP contribution < -0.4 is 5.32 Å². The Balaban J connectivity index is 1.96. The zero-order valence-electron chi connectivity index (χ0n) is 20.3. The predicted octanol–water partition coefficient (Wildman–Crippen LogP) is 3.34. The first-order valence-corrected chi connectivity index (χ1v) is 11.4. The van der Waals surface area contributed by atoms with E-state index in [9.17, 15) is 14.4 Å². The van der Waals surface area contributed by atoms with Gasteiger partial charge in [-0.2, -0.15) is 0 Å². The molecule has 2 aromatic rings. The average molecular weight is 459 g/mol. The number of esters is 1. The van der Waals surface area contributed by atoms with E-state index in [-0.39, 0.29) is 23.4 Å². The van der Waals surface area contributed by atoms with Gasteiger partial charge in [0.25, 0.3) is 0 Å². The molecule has 0 unspecified atom stereocenters. The molecule has 1 atom stereocenters. The Bertz CT molecular complexity index is 1030. The van der Waals surface area contributed by atoms with E-state index in [0.29, 0.717) is 17.6 Å². The number of pyridine rings is 1. The lowest BCUT2D eigenvalue weighted by atomic mass is 10.0. The summed E-state index contributed by atoms with van der Waals surface area (Å²) in [4.78, 5) is 44.6. The Hall–Kier alpha value is -2.94. The number of likely N-dealkylation sites (tertiary alicyclic amines) is 1. The molecule has 0 aromatic carbocycles. The van der Waals surface area contributed by atoms with Gasteiger partial charge < -0.3 is 19.7 Å². The lowest BCUT2D eigenvalue weighted by Crippen LogP contribution is -2.48. The topological polar surface area (TPSA) is 103 Å². The van der Waals surface area contributed by atoms with Crippen LogP contribution in [0, 0.1) is 5.92 Å². The van der Waals surface area contributed by atoms with Crippen molar-refractivity contribution in [2.75, 3.05) is 20.2 Å². The van der Waals surface area contributed by atoms with Crippen molar-refractivity contribution < 1.29 is 23.9 Å². The van der Waals surface area contributed by atoms with Gasteiger partial charge in [0.05, 0.1) is 18.7 Å². The number of aromatic nitrogens is 2. The number of fused-ring (bicyclic) bond motifs is 1. The summed E-state index contributed by atoms with van der Waals surface area (Å²) in [6.07, 6.45) is 4.40. The smallest absolute Gasteiger partial charge is 0.420 e. The summed E-state index contributed by atoms with van der Waals surface area (Å²) in [5.74, 6) is -0.403. The molecule has 1 aliphatic rings. The molecule has 1 aliphatic heterocycles. The lowest BCUT2D eigenvalue weighted by molar-refractivity contribution is -0.133. The minimum Gasteiger partial charge on any atom is -0.465 e. The van der Waals surface area contributed by atoms with E-state index in [1.165, 1.54) is 17.9 Å². The molecule has 9 nitrogen and oxygen atoms in total. The minimum absolute atomic E-state index is 0.0851. The third kappa shape index (κ3) is 5.52. The quantitative estimate of drug-likeness (QED) is 0.662. The van der Waals surface area contributed by atoms with Gasteiger partial charge in [-0.15, -0.1) is 0 Å². The molecule has 0 aliphatic carbocycles. The van der Waals surface area contributed by atoms with Gasteiger partial charge in [0.2, 0.25) is 5.91 Å². The summed E-state index contributed by atoms with van der Waals surface area (Å²) in [7, 11) is 1.29. The van der Waals surface area contributed by atoms with Gasteiger partial charge in [0.1, 0.15) is 5.60 Å². The van der Waals surface area contributed by atoms with E-state index in [2.05, 4.69) is 10.3 Å². The standard InChI is InChI=1S/C24H34N4O5/c1-15(2)19(21(29)27-11-7-8-12-27)26-13-16-9-10-25-20-18(16)17(22(30)32-6)14-28(20)23(31)33-24(3,4)5/h9-10,14-15,19,26H,7-8,11-13H2,1-6H3/t19-/m1/s1. The summed E-state index contributed by atoms with van der Waals surface area (Å²) < 4.78 is 11.7. The molecule has 1 amide bonds. The minimum atomic E-state index is -0.710. The Morgan fingerprint density at radius 2 is 1.85 bits per heavy atom. The van der Waals surface area contributed by atoms with Crippen LogP contribution >= 0.6 is 0 Å². The molecule has 2 aromatic heterocycles. The Morgan fingerprint density at radius 1 is 1.18 bits per heavy atom. The Labute approximate surface area is 194 Å². The highest BCUT2D eigenvalue weighted by atomic mass is 16.6. The number of rotatable bonds is 6. The highest BCUT2D eigenvalue weighted by Crippen LogP contribution is 2.26. The van der Waals surface area contributed by atoms with Crippen LogP contribution in [0.25, 0.3) is 11.0 Å². The molecule has 0 spiro atoms. The normalized spacial score (nSPS) is 15.2. The molecule has 180 valence electrons. The number of nitrogens with zero attached hydrogens (tertiary/aromatic N) is 3. The first-order chi connectivity index (χ1) is 15.5. The molecule has 1 saturated heterocycles. The fraction of sp³-hybridized carbons (Fsp3) is 0.583. The van der Waals surface area contributed by atoms with Crippen molar-refractivity contribution in [3.8, 4) is 0 Å². The van der Waals surface area contributed by atoms with Crippen molar-refractivity contribution in [2.45, 2.75) is 65.6 Å². The number of amides is 1. The maximum Gasteiger partial charge on any atom is 0.420 e. The number of nitrogens with one attached hydrogen (secondary N) is 1. The van der Waals surface area contributed by atoms with E-state index < -0.39 is 17.7 Å². The fourth-order valence-corrected chi connectivity index (χ4v) is 4.04. The number of carbonyl (C=O) groups excluding carboxylic acids is 3. The van der Waals surface area contributed by atoms with Gasteiger partial charge in [-0.3, -0.25) is 4.79 Å². The number of hydrogen-bond donors (Lipinski definition) is 1. The third-order valence-corrected chi connectivity index (χ3v) is 5.63. The second-order valence-corrected chi connectivity index (χ2v) is 9.69.